The molecule has 0 radical (unpaired) electrons. The van der Waals surface area contributed by atoms with E-state index in [-0.39, 0.29) is 24.0 Å². The molecule has 1 heterocycles. The maximum atomic E-state index is 5.99. The van der Waals surface area contributed by atoms with E-state index in [1.165, 1.54) is 5.56 Å². The molecule has 0 saturated carbocycles. The largest absolute Gasteiger partial charge is 0.379 e. The lowest BCUT2D eigenvalue weighted by atomic mass is 10.1. The average molecular weight is 476 g/mol. The quantitative estimate of drug-likeness (QED) is 0.235. The van der Waals surface area contributed by atoms with Crippen LogP contribution in [0, 0.1) is 0 Å². The minimum absolute atomic E-state index is 0. The van der Waals surface area contributed by atoms with E-state index in [0.717, 1.165) is 64.4 Å². The van der Waals surface area contributed by atoms with E-state index in [2.05, 4.69) is 34.3 Å². The van der Waals surface area contributed by atoms with E-state index < -0.39 is 0 Å². The summed E-state index contributed by atoms with van der Waals surface area (Å²) in [4.78, 5) is 6.88. The number of nitrogens with one attached hydrogen (secondary N) is 1. The third-order valence-electron chi connectivity index (χ3n) is 4.21. The molecule has 1 aliphatic rings. The van der Waals surface area contributed by atoms with Gasteiger partial charge in [-0.15, -0.1) is 24.0 Å². The highest BCUT2D eigenvalue weighted by Gasteiger charge is 2.09. The average Bonchev–Trinajstić information content (AvgIpc) is 2.65. The first-order valence-electron chi connectivity index (χ1n) is 9.28. The maximum absolute atomic E-state index is 5.99. The van der Waals surface area contributed by atoms with E-state index in [1.807, 2.05) is 12.1 Å². The highest BCUT2D eigenvalue weighted by molar-refractivity contribution is 14.0. The van der Waals surface area contributed by atoms with Crippen molar-refractivity contribution in [3.05, 3.63) is 35.4 Å². The summed E-state index contributed by atoms with van der Waals surface area (Å²) in [5.74, 6) is 0.506. The molecule has 0 spiro atoms. The van der Waals surface area contributed by atoms with Gasteiger partial charge in [0.15, 0.2) is 5.96 Å². The molecule has 6 nitrogen and oxygen atoms in total. The van der Waals surface area contributed by atoms with E-state index >= 15 is 0 Å². The Labute approximate surface area is 174 Å². The molecule has 1 saturated heterocycles. The normalized spacial score (nSPS) is 15.5. The van der Waals surface area contributed by atoms with Crippen molar-refractivity contribution in [2.75, 3.05) is 46.0 Å². The lowest BCUT2D eigenvalue weighted by molar-refractivity contribution is 0.0376. The standard InChI is InChI=1S/C19H32N4O2.HI/c1-2-12-25-16-18-7-4-3-6-17(18)15-22-19(20)21-8-5-9-23-10-13-24-14-11-23;/h3-4,6-7H,2,5,8-16H2,1H3,(H3,20,21,22);1H. The second-order valence-electron chi connectivity index (χ2n) is 6.26. The third-order valence-corrected chi connectivity index (χ3v) is 4.21. The first-order valence-corrected chi connectivity index (χ1v) is 9.28. The number of hydrogen-bond acceptors (Lipinski definition) is 4. The molecule has 26 heavy (non-hydrogen) atoms. The number of guanidine groups is 1. The minimum atomic E-state index is 0. The highest BCUT2D eigenvalue weighted by Crippen LogP contribution is 2.11. The van der Waals surface area contributed by atoms with Crippen LogP contribution in [0.4, 0.5) is 0 Å². The van der Waals surface area contributed by atoms with Crippen LogP contribution >= 0.6 is 24.0 Å². The van der Waals surface area contributed by atoms with E-state index in [0.29, 0.717) is 19.1 Å². The van der Waals surface area contributed by atoms with Crippen LogP contribution in [0.2, 0.25) is 0 Å². The molecule has 1 aromatic carbocycles. The zero-order chi connectivity index (χ0) is 17.7. The molecule has 0 atom stereocenters. The molecule has 0 amide bonds. The summed E-state index contributed by atoms with van der Waals surface area (Å²) < 4.78 is 11.0. The summed E-state index contributed by atoms with van der Waals surface area (Å²) in [7, 11) is 0. The Morgan fingerprint density at radius 3 is 2.73 bits per heavy atom. The van der Waals surface area contributed by atoms with Gasteiger partial charge in [0.25, 0.3) is 0 Å². The van der Waals surface area contributed by atoms with Gasteiger partial charge in [0.05, 0.1) is 26.4 Å². The predicted molar refractivity (Wildman–Crippen MR) is 117 cm³/mol. The third kappa shape index (κ3) is 9.16. The number of aliphatic imine (C=N–C) groups is 1. The van der Waals surface area contributed by atoms with Gasteiger partial charge in [-0.3, -0.25) is 4.90 Å². The lowest BCUT2D eigenvalue weighted by Crippen LogP contribution is -2.39. The number of benzene rings is 1. The molecule has 148 valence electrons. The van der Waals surface area contributed by atoms with Gasteiger partial charge >= 0.3 is 0 Å². The van der Waals surface area contributed by atoms with Crippen molar-refractivity contribution in [3.63, 3.8) is 0 Å². The first kappa shape index (κ1) is 23.1. The summed E-state index contributed by atoms with van der Waals surface area (Å²) >= 11 is 0. The van der Waals surface area contributed by atoms with E-state index in [4.69, 9.17) is 15.2 Å². The monoisotopic (exact) mass is 476 g/mol. The molecule has 0 unspecified atom stereocenters. The fourth-order valence-corrected chi connectivity index (χ4v) is 2.75. The number of halogens is 1. The van der Waals surface area contributed by atoms with Crippen LogP contribution in [0.25, 0.3) is 0 Å². The van der Waals surface area contributed by atoms with Crippen molar-refractivity contribution >= 4 is 29.9 Å². The number of rotatable bonds is 10. The summed E-state index contributed by atoms with van der Waals surface area (Å²) in [6, 6.07) is 8.23. The second-order valence-corrected chi connectivity index (χ2v) is 6.26. The lowest BCUT2D eigenvalue weighted by Gasteiger charge is -2.26. The molecular formula is C19H33IN4O2. The Hall–Kier alpha value is -0.900. The number of ether oxygens (including phenoxy) is 2. The number of nitrogens with two attached hydrogens (primary N) is 1. The van der Waals surface area contributed by atoms with E-state index in [1.54, 1.807) is 0 Å². The zero-order valence-corrected chi connectivity index (χ0v) is 18.1. The van der Waals surface area contributed by atoms with Gasteiger partial charge in [0.2, 0.25) is 0 Å². The van der Waals surface area contributed by atoms with Gasteiger partial charge in [0, 0.05) is 26.2 Å². The minimum Gasteiger partial charge on any atom is -0.379 e. The van der Waals surface area contributed by atoms with Crippen molar-refractivity contribution in [2.45, 2.75) is 32.9 Å². The predicted octanol–water partition coefficient (Wildman–Crippen LogP) is 2.36. The number of morpholine rings is 1. The topological polar surface area (TPSA) is 72.1 Å². The van der Waals surface area contributed by atoms with Crippen LogP contribution in [0.1, 0.15) is 30.9 Å². The highest BCUT2D eigenvalue weighted by atomic mass is 127. The molecule has 7 heteroatoms. The summed E-state index contributed by atoms with van der Waals surface area (Å²) in [5.41, 5.74) is 8.33. The molecule has 0 bridgehead atoms. The van der Waals surface area contributed by atoms with E-state index in [9.17, 15) is 0 Å². The van der Waals surface area contributed by atoms with Crippen LogP contribution in [0.15, 0.2) is 29.3 Å². The molecule has 3 N–H and O–H groups in total. The molecule has 0 aromatic heterocycles. The van der Waals surface area contributed by atoms with Crippen LogP contribution < -0.4 is 11.1 Å². The van der Waals surface area contributed by atoms with Gasteiger partial charge in [0.1, 0.15) is 0 Å². The van der Waals surface area contributed by atoms with Crippen molar-refractivity contribution in [1.29, 1.82) is 0 Å². The van der Waals surface area contributed by atoms with Gasteiger partial charge < -0.3 is 20.5 Å². The number of hydrogen-bond donors (Lipinski definition) is 2. The molecule has 1 aliphatic heterocycles. The molecular weight excluding hydrogens is 443 g/mol. The van der Waals surface area contributed by atoms with Gasteiger partial charge in [-0.2, -0.15) is 0 Å². The SMILES string of the molecule is CCCOCc1ccccc1CN=C(N)NCCCN1CCOCC1.I. The summed E-state index contributed by atoms with van der Waals surface area (Å²) in [6.07, 6.45) is 2.08. The van der Waals surface area contributed by atoms with Crippen LogP contribution in [-0.2, 0) is 22.6 Å². The fourth-order valence-electron chi connectivity index (χ4n) is 2.75. The maximum Gasteiger partial charge on any atom is 0.188 e. The van der Waals surface area contributed by atoms with Crippen LogP contribution in [-0.4, -0.2) is 56.9 Å². The summed E-state index contributed by atoms with van der Waals surface area (Å²) in [6.45, 7) is 9.76. The Bertz CT molecular complexity index is 522. The fraction of sp³-hybridized carbons (Fsp3) is 0.632. The Balaban J connectivity index is 0.00000338. The molecule has 2 rings (SSSR count). The van der Waals surface area contributed by atoms with Gasteiger partial charge in [-0.1, -0.05) is 31.2 Å². The van der Waals surface area contributed by atoms with Crippen molar-refractivity contribution in [2.24, 2.45) is 10.7 Å². The Morgan fingerprint density at radius 2 is 2.00 bits per heavy atom. The summed E-state index contributed by atoms with van der Waals surface area (Å²) in [5, 5.41) is 3.20. The smallest absolute Gasteiger partial charge is 0.188 e. The second kappa shape index (κ2) is 14.2. The van der Waals surface area contributed by atoms with Crippen LogP contribution in [0.5, 0.6) is 0 Å². The zero-order valence-electron chi connectivity index (χ0n) is 15.8. The molecule has 1 fully saturated rings. The molecule has 0 aliphatic carbocycles. The van der Waals surface area contributed by atoms with Crippen molar-refractivity contribution in [3.8, 4) is 0 Å². The van der Waals surface area contributed by atoms with Crippen molar-refractivity contribution < 1.29 is 9.47 Å². The van der Waals surface area contributed by atoms with Crippen LogP contribution in [0.3, 0.4) is 0 Å². The Kier molecular flexibility index (Phi) is 12.6. The van der Waals surface area contributed by atoms with Gasteiger partial charge in [-0.05, 0) is 30.5 Å². The van der Waals surface area contributed by atoms with Gasteiger partial charge in [-0.25, -0.2) is 4.99 Å². The molecule has 1 aromatic rings. The van der Waals surface area contributed by atoms with Crippen molar-refractivity contribution in [1.82, 2.24) is 10.2 Å². The first-order chi connectivity index (χ1) is 12.3. The Morgan fingerprint density at radius 1 is 1.27 bits per heavy atom. The number of nitrogens with zero attached hydrogens (tertiary/aromatic N) is 2.